The number of hydrogen-bond donors (Lipinski definition) is 0. The molecule has 4 heteroatoms. The zero-order valence-corrected chi connectivity index (χ0v) is 44.6. The first-order valence-corrected chi connectivity index (χ1v) is 31.0. The van der Waals surface area contributed by atoms with Crippen molar-refractivity contribution in [2.45, 2.75) is 131 Å². The number of hydrogen-bond acceptors (Lipinski definition) is 0. The summed E-state index contributed by atoms with van der Waals surface area (Å²) in [6, 6.07) is 39.2. The van der Waals surface area contributed by atoms with E-state index in [1.54, 1.807) is 47.3 Å². The predicted molar refractivity (Wildman–Crippen MR) is 264 cm³/mol. The van der Waals surface area contributed by atoms with Crippen molar-refractivity contribution in [2.24, 2.45) is 59.2 Å². The van der Waals surface area contributed by atoms with Gasteiger partial charge in [-0.05, 0) is 175 Å². The topological polar surface area (TPSA) is 0 Å². The molecule has 8 saturated carbocycles. The molecule has 8 bridgehead atoms. The van der Waals surface area contributed by atoms with Crippen LogP contribution in [0, 0.1) is 86.9 Å². The molecule has 0 N–H and O–H groups in total. The molecule has 0 aromatic heterocycles. The molecule has 0 nitrogen and oxygen atoms in total. The van der Waals surface area contributed by atoms with Gasteiger partial charge in [-0.2, -0.15) is 12.1 Å². The van der Waals surface area contributed by atoms with Crippen LogP contribution >= 0.6 is 0 Å². The zero-order chi connectivity index (χ0) is 42.6. The van der Waals surface area contributed by atoms with Gasteiger partial charge in [0.2, 0.25) is 0 Å². The maximum absolute atomic E-state index is 2.52. The normalized spacial score (nSPS) is 27.9. The van der Waals surface area contributed by atoms with Crippen LogP contribution < -0.4 is 24.8 Å². The monoisotopic (exact) mass is 980 g/mol. The van der Waals surface area contributed by atoms with Crippen molar-refractivity contribution < 1.29 is 48.1 Å². The number of benzene rings is 4. The quantitative estimate of drug-likeness (QED) is 0.105. The fraction of sp³-hybridized carbons (Fsp3) is 0.500. The van der Waals surface area contributed by atoms with Gasteiger partial charge in [-0.3, -0.25) is 0 Å². The minimum absolute atomic E-state index is 0. The molecule has 0 saturated heterocycles. The molecule has 6 aromatic rings. The maximum Gasteiger partial charge on any atom is -0.0274 e. The van der Waals surface area contributed by atoms with Crippen molar-refractivity contribution in [3.05, 3.63) is 130 Å². The third-order valence-corrected chi connectivity index (χ3v) is 20.2. The summed E-state index contributed by atoms with van der Waals surface area (Å²) in [5, 5.41) is 5.75. The fourth-order valence-corrected chi connectivity index (χ4v) is 17.8. The molecule has 8 aliphatic rings. The zero-order valence-electron chi connectivity index (χ0n) is 39.7. The van der Waals surface area contributed by atoms with Gasteiger partial charge < -0.3 is 24.8 Å². The summed E-state index contributed by atoms with van der Waals surface area (Å²) in [4.78, 5) is 0. The number of fused-ring (bicyclic) bond motifs is 2. The molecule has 8 aliphatic carbocycles. The van der Waals surface area contributed by atoms with E-state index in [1.165, 1.54) is 143 Å². The van der Waals surface area contributed by atoms with Gasteiger partial charge in [-0.15, -0.1) is 69.1 Å². The molecular weight excluding hydrogens is 911 g/mol. The Bertz CT molecular complexity index is 2310. The SMILES string of the molecule is CCC[Si](C)=[Zr+2].Cc1cc(C)cc(-c2cccc3[cH-]c(CC4C5CC6CC(C5)CC4C6)cc23)c1.Cc1cc(C)cc(-c2cccc3[cH-]c(CC4C5CC6CC(C5)CC4C6)cc23)c1.[Cl-].[Cl-]. The Morgan fingerprint density at radius 1 is 0.500 bits per heavy atom. The molecule has 0 radical (unpaired) electrons. The molecule has 8 fully saturated rings. The van der Waals surface area contributed by atoms with E-state index >= 15 is 0 Å². The van der Waals surface area contributed by atoms with Gasteiger partial charge in [0.1, 0.15) is 0 Å². The Kier molecular flexibility index (Phi) is 15.5. The van der Waals surface area contributed by atoms with Crippen molar-refractivity contribution in [1.29, 1.82) is 0 Å². The van der Waals surface area contributed by atoms with E-state index < -0.39 is 0 Å². The predicted octanol–water partition coefficient (Wildman–Crippen LogP) is 10.5. The summed E-state index contributed by atoms with van der Waals surface area (Å²) >= 11 is 1.79. The first-order chi connectivity index (χ1) is 30.0. The van der Waals surface area contributed by atoms with Crippen molar-refractivity contribution >= 4 is 27.0 Å². The third-order valence-electron chi connectivity index (χ3n) is 17.1. The van der Waals surface area contributed by atoms with Crippen LogP contribution in [0.4, 0.5) is 0 Å². The van der Waals surface area contributed by atoms with Gasteiger partial charge in [0, 0.05) is 0 Å². The van der Waals surface area contributed by atoms with Crippen LogP contribution in [0.25, 0.3) is 43.8 Å². The largest absolute Gasteiger partial charge is 1.00 e. The van der Waals surface area contributed by atoms with Crippen molar-refractivity contribution in [3.8, 4) is 22.3 Å². The Morgan fingerprint density at radius 2 is 0.844 bits per heavy atom. The van der Waals surface area contributed by atoms with Crippen LogP contribution in [0.5, 0.6) is 0 Å². The van der Waals surface area contributed by atoms with E-state index in [2.05, 4.69) is 138 Å². The van der Waals surface area contributed by atoms with E-state index in [9.17, 15) is 0 Å². The smallest absolute Gasteiger partial charge is 0.0274 e. The van der Waals surface area contributed by atoms with Crippen LogP contribution in [-0.2, 0) is 36.2 Å². The molecule has 0 aliphatic heterocycles. The first-order valence-electron chi connectivity index (χ1n) is 25.1. The molecule has 0 unspecified atom stereocenters. The summed E-state index contributed by atoms with van der Waals surface area (Å²) in [5.74, 6) is 10.3. The summed E-state index contributed by atoms with van der Waals surface area (Å²) in [6.45, 7) is 13.5. The first kappa shape index (κ1) is 48.2. The van der Waals surface area contributed by atoms with Crippen molar-refractivity contribution in [2.75, 3.05) is 0 Å². The van der Waals surface area contributed by atoms with Crippen molar-refractivity contribution in [3.63, 3.8) is 0 Å². The Morgan fingerprint density at radius 3 is 1.14 bits per heavy atom. The Labute approximate surface area is 414 Å². The van der Waals surface area contributed by atoms with Gasteiger partial charge in [0.15, 0.2) is 0 Å². The number of rotatable bonds is 8. The maximum atomic E-state index is 2.52. The minimum atomic E-state index is 0. The van der Waals surface area contributed by atoms with Crippen LogP contribution in [0.15, 0.2) is 97.1 Å². The molecule has 14 rings (SSSR count). The van der Waals surface area contributed by atoms with Gasteiger partial charge in [-0.1, -0.05) is 81.9 Å². The Hall–Kier alpha value is -2.22. The number of aryl methyl sites for hydroxylation is 4. The van der Waals surface area contributed by atoms with E-state index in [1.807, 2.05) is 0 Å². The van der Waals surface area contributed by atoms with Crippen LogP contribution in [-0.4, -0.2) is 5.43 Å². The molecule has 336 valence electrons. The van der Waals surface area contributed by atoms with Crippen LogP contribution in [0.2, 0.25) is 12.6 Å². The summed E-state index contributed by atoms with van der Waals surface area (Å²) in [6.07, 6.45) is 19.4. The summed E-state index contributed by atoms with van der Waals surface area (Å²) in [5.41, 5.74) is 14.3. The van der Waals surface area contributed by atoms with Crippen LogP contribution in [0.3, 0.4) is 0 Å². The molecular formula is C60H72Cl2SiZr-2. The molecule has 0 amide bonds. The summed E-state index contributed by atoms with van der Waals surface area (Å²) in [7, 11) is 0. The van der Waals surface area contributed by atoms with E-state index in [0.29, 0.717) is 0 Å². The van der Waals surface area contributed by atoms with Crippen LogP contribution in [0.1, 0.15) is 111 Å². The van der Waals surface area contributed by atoms with Gasteiger partial charge in [-0.25, -0.2) is 0 Å². The van der Waals surface area contributed by atoms with E-state index in [0.717, 1.165) is 59.2 Å². The number of halogens is 2. The van der Waals surface area contributed by atoms with Gasteiger partial charge in [0.25, 0.3) is 0 Å². The second-order valence-corrected chi connectivity index (χ2v) is 30.6. The summed E-state index contributed by atoms with van der Waals surface area (Å²) < 4.78 is 0. The average Bonchev–Trinajstić information content (AvgIpc) is 3.83. The molecule has 0 atom stereocenters. The van der Waals surface area contributed by atoms with Crippen molar-refractivity contribution in [1.82, 2.24) is 0 Å². The third kappa shape index (κ3) is 10.4. The fourth-order valence-electron chi connectivity index (χ4n) is 15.3. The molecule has 6 aromatic carbocycles. The molecule has 64 heavy (non-hydrogen) atoms. The average molecular weight is 983 g/mol. The van der Waals surface area contributed by atoms with Gasteiger partial charge >= 0.3 is 54.7 Å². The van der Waals surface area contributed by atoms with E-state index in [4.69, 9.17) is 0 Å². The Balaban J connectivity index is 0.000000151. The second kappa shape index (κ2) is 20.6. The molecule has 0 spiro atoms. The minimum Gasteiger partial charge on any atom is -1.00 e. The standard InChI is InChI=1S/2C28H31.C4H10Si.2ClH.Zr/c2*1-17-6-18(2)8-23(7-17)26-5-3-4-22-10-21(16-28(22)26)15-27-24-11-19-9-20(13-24)14-25(27)12-19;1-3-4-5-2;;;/h2*3-8,10,16,19-20,24-25,27H,9,11-15H2,1-2H3;3-4H2,1-2H3;2*1H;/q2*-1;;;;+2/p-2. The van der Waals surface area contributed by atoms with Gasteiger partial charge in [0.05, 0.1) is 0 Å². The van der Waals surface area contributed by atoms with E-state index in [-0.39, 0.29) is 30.2 Å². The second-order valence-electron chi connectivity index (χ2n) is 22.2. The molecule has 0 heterocycles.